The van der Waals surface area contributed by atoms with Crippen LogP contribution < -0.4 is 10.2 Å². The molecule has 33 heavy (non-hydrogen) atoms. The number of nitrogens with one attached hydrogen (secondary N) is 1. The summed E-state index contributed by atoms with van der Waals surface area (Å²) < 4.78 is 17.0. The maximum absolute atomic E-state index is 14.9. The van der Waals surface area contributed by atoms with Crippen LogP contribution in [0.25, 0.3) is 21.9 Å². The van der Waals surface area contributed by atoms with Gasteiger partial charge < -0.3 is 19.7 Å². The number of rotatable bonds is 5. The Hall–Kier alpha value is -3.33. The second-order valence-electron chi connectivity index (χ2n) is 9.12. The fourth-order valence-electron chi connectivity index (χ4n) is 4.53. The average Bonchev–Trinajstić information content (AvgIpc) is 3.24. The van der Waals surface area contributed by atoms with Crippen LogP contribution in [0.5, 0.6) is 0 Å². The topological polar surface area (TPSA) is 75.0 Å². The van der Waals surface area contributed by atoms with Gasteiger partial charge in [0.15, 0.2) is 0 Å². The Kier molecular flexibility index (Phi) is 5.57. The molecule has 0 saturated carbocycles. The lowest BCUT2D eigenvalue weighted by atomic mass is 10.0. The largest absolute Gasteiger partial charge is 0.368 e. The number of hydrogen-bond acceptors (Lipinski definition) is 7. The highest BCUT2D eigenvalue weighted by Gasteiger charge is 2.23. The van der Waals surface area contributed by atoms with Gasteiger partial charge >= 0.3 is 0 Å². The molecule has 1 saturated heterocycles. The minimum Gasteiger partial charge on any atom is -0.368 e. The van der Waals surface area contributed by atoms with Gasteiger partial charge in [-0.2, -0.15) is 4.39 Å². The van der Waals surface area contributed by atoms with E-state index in [-0.39, 0.29) is 6.04 Å². The Morgan fingerprint density at radius 3 is 2.55 bits per heavy atom. The number of imidazole rings is 1. The molecule has 172 valence electrons. The summed E-state index contributed by atoms with van der Waals surface area (Å²) in [6, 6.07) is 8.30. The fourth-order valence-corrected chi connectivity index (χ4v) is 4.53. The van der Waals surface area contributed by atoms with Crippen molar-refractivity contribution >= 4 is 39.4 Å². The van der Waals surface area contributed by atoms with Crippen LogP contribution in [-0.4, -0.2) is 62.6 Å². The van der Waals surface area contributed by atoms with Crippen LogP contribution in [0.4, 0.5) is 21.8 Å². The molecule has 0 aliphatic carbocycles. The Morgan fingerprint density at radius 2 is 1.85 bits per heavy atom. The van der Waals surface area contributed by atoms with Gasteiger partial charge in [0.2, 0.25) is 11.9 Å². The molecule has 0 amide bonds. The van der Waals surface area contributed by atoms with Gasteiger partial charge in [0.25, 0.3) is 0 Å². The summed E-state index contributed by atoms with van der Waals surface area (Å²) in [5, 5.41) is 3.99. The quantitative estimate of drug-likeness (QED) is 0.455. The summed E-state index contributed by atoms with van der Waals surface area (Å²) >= 11 is 0. The first-order chi connectivity index (χ1) is 15.9. The zero-order valence-electron chi connectivity index (χ0n) is 19.5. The van der Waals surface area contributed by atoms with Crippen molar-refractivity contribution < 1.29 is 4.39 Å². The third-order valence-corrected chi connectivity index (χ3v) is 6.44. The number of pyridine rings is 1. The standard InChI is InChI=1S/C24H29FN8/c1-15(2)33-14-27-18-6-5-16-13-26-24(30-21(16)22(18)33)29-20-8-7-19(23(25)28-20)32-11-9-17(10-12-32)31(3)4/h5-8,13-15,17H,9-12H2,1-4H3,(H,26,28,29,30). The Labute approximate surface area is 192 Å². The molecular weight excluding hydrogens is 419 g/mol. The molecule has 0 radical (unpaired) electrons. The lowest BCUT2D eigenvalue weighted by Gasteiger charge is -2.36. The third kappa shape index (κ3) is 4.08. The van der Waals surface area contributed by atoms with Gasteiger partial charge in [-0.05, 0) is 65.0 Å². The number of hydrogen-bond donors (Lipinski definition) is 1. The molecule has 1 aliphatic heterocycles. The minimum absolute atomic E-state index is 0.248. The molecule has 4 heterocycles. The highest BCUT2D eigenvalue weighted by molar-refractivity contribution is 6.02. The summed E-state index contributed by atoms with van der Waals surface area (Å²) in [6.07, 6.45) is 5.62. The number of halogens is 1. The van der Waals surface area contributed by atoms with E-state index in [9.17, 15) is 4.39 Å². The predicted octanol–water partition coefficient (Wildman–Crippen LogP) is 4.37. The van der Waals surface area contributed by atoms with Gasteiger partial charge in [-0.3, -0.25) is 0 Å². The lowest BCUT2D eigenvalue weighted by molar-refractivity contribution is 0.249. The summed E-state index contributed by atoms with van der Waals surface area (Å²) in [5.41, 5.74) is 3.19. The van der Waals surface area contributed by atoms with Crippen molar-refractivity contribution in [3.05, 3.63) is 42.7 Å². The van der Waals surface area contributed by atoms with Gasteiger partial charge in [-0.1, -0.05) is 0 Å². The van der Waals surface area contributed by atoms with Crippen molar-refractivity contribution in [3.63, 3.8) is 0 Å². The summed E-state index contributed by atoms with van der Waals surface area (Å²) in [7, 11) is 4.19. The van der Waals surface area contributed by atoms with Gasteiger partial charge in [0, 0.05) is 36.8 Å². The molecule has 9 heteroatoms. The zero-order valence-corrected chi connectivity index (χ0v) is 19.5. The average molecular weight is 449 g/mol. The predicted molar refractivity (Wildman–Crippen MR) is 130 cm³/mol. The number of piperidine rings is 1. The van der Waals surface area contributed by atoms with Crippen LogP contribution in [0.15, 0.2) is 36.8 Å². The van der Waals surface area contributed by atoms with E-state index < -0.39 is 5.95 Å². The maximum atomic E-state index is 14.9. The number of fused-ring (bicyclic) bond motifs is 3. The molecule has 0 bridgehead atoms. The number of benzene rings is 1. The Morgan fingerprint density at radius 1 is 1.06 bits per heavy atom. The van der Waals surface area contributed by atoms with Crippen molar-refractivity contribution in [2.24, 2.45) is 0 Å². The monoisotopic (exact) mass is 448 g/mol. The molecule has 3 aromatic heterocycles. The molecule has 8 nitrogen and oxygen atoms in total. The molecule has 1 N–H and O–H groups in total. The van der Waals surface area contributed by atoms with Crippen LogP contribution in [0, 0.1) is 5.95 Å². The van der Waals surface area contributed by atoms with Gasteiger partial charge in [0.1, 0.15) is 11.3 Å². The molecule has 4 aromatic rings. The van der Waals surface area contributed by atoms with E-state index in [0.29, 0.717) is 23.5 Å². The maximum Gasteiger partial charge on any atom is 0.238 e. The van der Waals surface area contributed by atoms with Crippen LogP contribution in [-0.2, 0) is 0 Å². The van der Waals surface area contributed by atoms with Crippen molar-refractivity contribution in [2.45, 2.75) is 38.8 Å². The van der Waals surface area contributed by atoms with Crippen molar-refractivity contribution in [3.8, 4) is 0 Å². The van der Waals surface area contributed by atoms with E-state index in [4.69, 9.17) is 4.98 Å². The van der Waals surface area contributed by atoms with E-state index in [1.165, 1.54) is 0 Å². The molecular formula is C24H29FN8. The van der Waals surface area contributed by atoms with E-state index >= 15 is 0 Å². The normalized spacial score (nSPS) is 15.3. The number of nitrogens with zero attached hydrogens (tertiary/aromatic N) is 7. The SMILES string of the molecule is CC(C)n1cnc2ccc3cnc(Nc4ccc(N5CCC(N(C)C)CC5)c(F)n4)nc3c21. The Bertz CT molecular complexity index is 1290. The highest BCUT2D eigenvalue weighted by Crippen LogP contribution is 2.28. The summed E-state index contributed by atoms with van der Waals surface area (Å²) in [5.74, 6) is 0.269. The van der Waals surface area contributed by atoms with Crippen LogP contribution in [0.1, 0.15) is 32.7 Å². The fraction of sp³-hybridized carbons (Fsp3) is 0.417. The van der Waals surface area contributed by atoms with Crippen LogP contribution >= 0.6 is 0 Å². The molecule has 5 rings (SSSR count). The van der Waals surface area contributed by atoms with E-state index in [1.54, 1.807) is 18.3 Å². The summed E-state index contributed by atoms with van der Waals surface area (Å²) in [4.78, 5) is 22.1. The van der Waals surface area contributed by atoms with Gasteiger partial charge in [-0.15, -0.1) is 0 Å². The second-order valence-corrected chi connectivity index (χ2v) is 9.12. The zero-order chi connectivity index (χ0) is 23.1. The van der Waals surface area contributed by atoms with Crippen molar-refractivity contribution in [1.29, 1.82) is 0 Å². The van der Waals surface area contributed by atoms with Gasteiger partial charge in [0.05, 0.1) is 23.0 Å². The number of anilines is 3. The second kappa shape index (κ2) is 8.55. The molecule has 0 spiro atoms. The van der Waals surface area contributed by atoms with Crippen molar-refractivity contribution in [1.82, 2.24) is 29.4 Å². The van der Waals surface area contributed by atoms with Crippen molar-refractivity contribution in [2.75, 3.05) is 37.4 Å². The van der Waals surface area contributed by atoms with E-state index in [2.05, 4.69) is 62.6 Å². The first kappa shape index (κ1) is 21.5. The summed E-state index contributed by atoms with van der Waals surface area (Å²) in [6.45, 7) is 5.86. The van der Waals surface area contributed by atoms with Gasteiger partial charge in [-0.25, -0.2) is 19.9 Å². The first-order valence-corrected chi connectivity index (χ1v) is 11.4. The lowest BCUT2D eigenvalue weighted by Crippen LogP contribution is -2.42. The molecule has 1 aromatic carbocycles. The minimum atomic E-state index is -0.482. The van der Waals surface area contributed by atoms with E-state index in [1.807, 2.05) is 18.5 Å². The highest BCUT2D eigenvalue weighted by atomic mass is 19.1. The van der Waals surface area contributed by atoms with Crippen LogP contribution in [0.3, 0.4) is 0 Å². The smallest absolute Gasteiger partial charge is 0.238 e. The van der Waals surface area contributed by atoms with Crippen LogP contribution in [0.2, 0.25) is 0 Å². The molecule has 1 aliphatic rings. The third-order valence-electron chi connectivity index (χ3n) is 6.44. The Balaban J connectivity index is 1.40. The molecule has 0 atom stereocenters. The molecule has 0 unspecified atom stereocenters. The molecule has 1 fully saturated rings. The van der Waals surface area contributed by atoms with E-state index in [0.717, 1.165) is 47.9 Å². The number of aromatic nitrogens is 5. The first-order valence-electron chi connectivity index (χ1n) is 11.4.